The van der Waals surface area contributed by atoms with Crippen LogP contribution in [0.4, 0.5) is 17.6 Å². The molecule has 0 amide bonds. The van der Waals surface area contributed by atoms with Crippen LogP contribution in [0.3, 0.4) is 0 Å². The van der Waals surface area contributed by atoms with Gasteiger partial charge in [-0.25, -0.2) is 0 Å². The zero-order chi connectivity index (χ0) is 13.0. The number of nitrogen functional groups attached to an aromatic ring is 1. The first-order valence-electron chi connectivity index (χ1n) is 5.83. The molecule has 0 spiro atoms. The summed E-state index contributed by atoms with van der Waals surface area (Å²) in [6.07, 6.45) is 0. The minimum absolute atomic E-state index is 0.158. The van der Waals surface area contributed by atoms with Gasteiger partial charge in [-0.15, -0.1) is 0 Å². The van der Waals surface area contributed by atoms with Crippen molar-refractivity contribution in [2.45, 2.75) is 13.0 Å². The number of hydrogen-bond acceptors (Lipinski definition) is 5. The summed E-state index contributed by atoms with van der Waals surface area (Å²) in [4.78, 5) is 8.21. The van der Waals surface area contributed by atoms with Crippen LogP contribution in [0.2, 0.25) is 0 Å². The van der Waals surface area contributed by atoms with Gasteiger partial charge in [0.2, 0.25) is 5.95 Å². The summed E-state index contributed by atoms with van der Waals surface area (Å²) in [5.74, 6) is 1.66. The average molecular weight is 243 g/mol. The summed E-state index contributed by atoms with van der Waals surface area (Å²) in [5, 5.41) is 6.25. The molecule has 0 radical (unpaired) electrons. The van der Waals surface area contributed by atoms with E-state index in [1.165, 1.54) is 5.56 Å². The van der Waals surface area contributed by atoms with Crippen molar-refractivity contribution in [3.05, 3.63) is 42.0 Å². The third kappa shape index (κ3) is 2.88. The smallest absolute Gasteiger partial charge is 0.223 e. The second kappa shape index (κ2) is 5.35. The SMILES string of the molecule is CNc1cc(N[C@@H](C)c2ccccc2)nc(N)n1. The molecule has 1 atom stereocenters. The Bertz CT molecular complexity index is 512. The van der Waals surface area contributed by atoms with Crippen LogP contribution in [-0.4, -0.2) is 17.0 Å². The Hall–Kier alpha value is -2.30. The first-order chi connectivity index (χ1) is 8.69. The van der Waals surface area contributed by atoms with Crippen molar-refractivity contribution in [2.24, 2.45) is 0 Å². The van der Waals surface area contributed by atoms with E-state index in [0.29, 0.717) is 11.6 Å². The van der Waals surface area contributed by atoms with E-state index in [-0.39, 0.29) is 12.0 Å². The number of hydrogen-bond donors (Lipinski definition) is 3. The molecule has 0 bridgehead atoms. The first-order valence-corrected chi connectivity index (χ1v) is 5.83. The van der Waals surface area contributed by atoms with E-state index in [1.54, 1.807) is 7.05 Å². The molecule has 0 aliphatic heterocycles. The lowest BCUT2D eigenvalue weighted by atomic mass is 10.1. The van der Waals surface area contributed by atoms with Gasteiger partial charge in [-0.1, -0.05) is 30.3 Å². The van der Waals surface area contributed by atoms with Crippen molar-refractivity contribution >= 4 is 17.6 Å². The predicted octanol–water partition coefficient (Wildman–Crippen LogP) is 2.27. The fourth-order valence-electron chi connectivity index (χ4n) is 1.71. The lowest BCUT2D eigenvalue weighted by Gasteiger charge is -2.15. The van der Waals surface area contributed by atoms with E-state index in [2.05, 4.69) is 39.7 Å². The van der Waals surface area contributed by atoms with Gasteiger partial charge in [-0.3, -0.25) is 0 Å². The number of anilines is 3. The van der Waals surface area contributed by atoms with Crippen molar-refractivity contribution in [1.82, 2.24) is 9.97 Å². The summed E-state index contributed by atoms with van der Waals surface area (Å²) in [6.45, 7) is 2.08. The summed E-state index contributed by atoms with van der Waals surface area (Å²) in [5.41, 5.74) is 6.84. The third-order valence-electron chi connectivity index (χ3n) is 2.66. The number of nitrogens with zero attached hydrogens (tertiary/aromatic N) is 2. The van der Waals surface area contributed by atoms with Gasteiger partial charge < -0.3 is 16.4 Å². The Morgan fingerprint density at radius 3 is 2.44 bits per heavy atom. The largest absolute Gasteiger partial charge is 0.373 e. The summed E-state index contributed by atoms with van der Waals surface area (Å²) < 4.78 is 0. The minimum atomic E-state index is 0.158. The molecule has 0 unspecified atom stereocenters. The summed E-state index contributed by atoms with van der Waals surface area (Å²) in [7, 11) is 1.80. The van der Waals surface area contributed by atoms with Crippen LogP contribution in [0.1, 0.15) is 18.5 Å². The van der Waals surface area contributed by atoms with E-state index in [1.807, 2.05) is 24.3 Å². The normalized spacial score (nSPS) is 11.9. The fraction of sp³-hybridized carbons (Fsp3) is 0.231. The highest BCUT2D eigenvalue weighted by Gasteiger charge is 2.07. The molecule has 1 heterocycles. The van der Waals surface area contributed by atoms with E-state index in [9.17, 15) is 0 Å². The topological polar surface area (TPSA) is 75.9 Å². The molecule has 94 valence electrons. The van der Waals surface area contributed by atoms with Crippen molar-refractivity contribution < 1.29 is 0 Å². The number of rotatable bonds is 4. The molecule has 5 heteroatoms. The molecule has 2 rings (SSSR count). The molecule has 4 N–H and O–H groups in total. The Kier molecular flexibility index (Phi) is 3.62. The molecule has 0 aliphatic rings. The molecule has 0 aliphatic carbocycles. The van der Waals surface area contributed by atoms with Crippen LogP contribution < -0.4 is 16.4 Å². The second-order valence-corrected chi connectivity index (χ2v) is 4.02. The predicted molar refractivity (Wildman–Crippen MR) is 74.5 cm³/mol. The van der Waals surface area contributed by atoms with Crippen LogP contribution in [0.15, 0.2) is 36.4 Å². The zero-order valence-electron chi connectivity index (χ0n) is 10.5. The second-order valence-electron chi connectivity index (χ2n) is 4.02. The number of aromatic nitrogens is 2. The number of nitrogens with one attached hydrogen (secondary N) is 2. The fourth-order valence-corrected chi connectivity index (χ4v) is 1.71. The van der Waals surface area contributed by atoms with Gasteiger partial charge in [0.15, 0.2) is 0 Å². The van der Waals surface area contributed by atoms with Crippen LogP contribution in [0, 0.1) is 0 Å². The highest BCUT2D eigenvalue weighted by atomic mass is 15.1. The molecule has 0 saturated carbocycles. The van der Waals surface area contributed by atoms with Crippen molar-refractivity contribution in [3.63, 3.8) is 0 Å². The Labute approximate surface area is 106 Å². The van der Waals surface area contributed by atoms with Crippen molar-refractivity contribution in [1.29, 1.82) is 0 Å². The van der Waals surface area contributed by atoms with Crippen LogP contribution in [-0.2, 0) is 0 Å². The molecule has 18 heavy (non-hydrogen) atoms. The molecule has 2 aromatic rings. The van der Waals surface area contributed by atoms with Gasteiger partial charge in [0.05, 0.1) is 0 Å². The van der Waals surface area contributed by atoms with Gasteiger partial charge in [0.25, 0.3) is 0 Å². The Morgan fingerprint density at radius 2 is 1.78 bits per heavy atom. The summed E-state index contributed by atoms with van der Waals surface area (Å²) >= 11 is 0. The molecule has 0 fully saturated rings. The molecular formula is C13H17N5. The lowest BCUT2D eigenvalue weighted by molar-refractivity contribution is 0.873. The number of benzene rings is 1. The third-order valence-corrected chi connectivity index (χ3v) is 2.66. The van der Waals surface area contributed by atoms with Gasteiger partial charge in [-0.05, 0) is 12.5 Å². The molecule has 5 nitrogen and oxygen atoms in total. The quantitative estimate of drug-likeness (QED) is 0.768. The highest BCUT2D eigenvalue weighted by molar-refractivity contribution is 5.51. The maximum atomic E-state index is 5.65. The van der Waals surface area contributed by atoms with E-state index in [4.69, 9.17) is 5.73 Å². The lowest BCUT2D eigenvalue weighted by Crippen LogP contribution is -2.10. The molecule has 1 aromatic heterocycles. The zero-order valence-corrected chi connectivity index (χ0v) is 10.5. The highest BCUT2D eigenvalue weighted by Crippen LogP contribution is 2.19. The van der Waals surface area contributed by atoms with Gasteiger partial charge in [0, 0.05) is 19.2 Å². The van der Waals surface area contributed by atoms with Gasteiger partial charge in [-0.2, -0.15) is 9.97 Å². The van der Waals surface area contributed by atoms with Crippen molar-refractivity contribution in [3.8, 4) is 0 Å². The average Bonchev–Trinajstić information content (AvgIpc) is 2.39. The van der Waals surface area contributed by atoms with E-state index < -0.39 is 0 Å². The van der Waals surface area contributed by atoms with Crippen LogP contribution >= 0.6 is 0 Å². The first kappa shape index (κ1) is 12.2. The summed E-state index contributed by atoms with van der Waals surface area (Å²) in [6, 6.07) is 12.2. The van der Waals surface area contributed by atoms with Gasteiger partial charge >= 0.3 is 0 Å². The minimum Gasteiger partial charge on any atom is -0.373 e. The molecular weight excluding hydrogens is 226 g/mol. The standard InChI is InChI=1S/C13H17N5/c1-9(10-6-4-3-5-7-10)16-12-8-11(15-2)17-13(14)18-12/h3-9H,1-2H3,(H4,14,15,16,17,18)/t9-/m0/s1. The Morgan fingerprint density at radius 1 is 1.11 bits per heavy atom. The van der Waals surface area contributed by atoms with Crippen molar-refractivity contribution in [2.75, 3.05) is 23.4 Å². The monoisotopic (exact) mass is 243 g/mol. The maximum Gasteiger partial charge on any atom is 0.223 e. The van der Waals surface area contributed by atoms with Crippen LogP contribution in [0.5, 0.6) is 0 Å². The number of nitrogens with two attached hydrogens (primary N) is 1. The molecule has 0 saturated heterocycles. The van der Waals surface area contributed by atoms with E-state index in [0.717, 1.165) is 0 Å². The van der Waals surface area contributed by atoms with E-state index >= 15 is 0 Å². The Balaban J connectivity index is 2.16. The molecule has 1 aromatic carbocycles. The van der Waals surface area contributed by atoms with Gasteiger partial charge in [0.1, 0.15) is 11.6 Å². The maximum absolute atomic E-state index is 5.65. The van der Waals surface area contributed by atoms with Crippen LogP contribution in [0.25, 0.3) is 0 Å².